The van der Waals surface area contributed by atoms with Crippen molar-refractivity contribution in [2.45, 2.75) is 18.5 Å². The number of rotatable bonds is 3. The van der Waals surface area contributed by atoms with E-state index in [4.69, 9.17) is 5.73 Å². The summed E-state index contributed by atoms with van der Waals surface area (Å²) in [5, 5.41) is 0. The summed E-state index contributed by atoms with van der Waals surface area (Å²) in [5.41, 5.74) is 8.17. The molecule has 1 aliphatic carbocycles. The number of halogens is 3. The third kappa shape index (κ3) is 2.55. The van der Waals surface area contributed by atoms with Gasteiger partial charge in [-0.25, -0.2) is 0 Å². The first kappa shape index (κ1) is 14.9. The monoisotopic (exact) mass is 303 g/mol. The predicted octanol–water partition coefficient (Wildman–Crippen LogP) is 4.37. The number of hydrogen-bond acceptors (Lipinski definition) is 1. The average Bonchev–Trinajstić information content (AvgIpc) is 2.91. The first-order valence-electron chi connectivity index (χ1n) is 7.18. The number of benzene rings is 2. The summed E-state index contributed by atoms with van der Waals surface area (Å²) >= 11 is 0. The maximum absolute atomic E-state index is 13.1. The Labute approximate surface area is 127 Å². The van der Waals surface area contributed by atoms with Gasteiger partial charge in [0, 0.05) is 5.92 Å². The molecule has 0 fully saturated rings. The molecule has 0 aromatic heterocycles. The second kappa shape index (κ2) is 5.61. The van der Waals surface area contributed by atoms with Crippen LogP contribution in [0, 0.1) is 0 Å². The van der Waals surface area contributed by atoms with Crippen molar-refractivity contribution in [2.75, 3.05) is 6.54 Å². The van der Waals surface area contributed by atoms with Gasteiger partial charge in [-0.05, 0) is 41.3 Å². The highest BCUT2D eigenvalue weighted by atomic mass is 19.4. The van der Waals surface area contributed by atoms with E-state index in [-0.39, 0.29) is 11.5 Å². The Morgan fingerprint density at radius 1 is 0.955 bits per heavy atom. The largest absolute Gasteiger partial charge is 0.416 e. The first-order valence-corrected chi connectivity index (χ1v) is 7.18. The van der Waals surface area contributed by atoms with Crippen molar-refractivity contribution in [3.63, 3.8) is 0 Å². The van der Waals surface area contributed by atoms with Gasteiger partial charge in [-0.15, -0.1) is 0 Å². The normalized spacial score (nSPS) is 16.8. The minimum atomic E-state index is -4.33. The summed E-state index contributed by atoms with van der Waals surface area (Å²) in [5.74, 6) is -0.139. The summed E-state index contributed by atoms with van der Waals surface area (Å²) in [6, 6.07) is 12.2. The van der Waals surface area contributed by atoms with E-state index in [9.17, 15) is 13.2 Å². The fourth-order valence-electron chi connectivity index (χ4n) is 3.08. The van der Waals surface area contributed by atoms with Gasteiger partial charge in [0.05, 0.1) is 5.56 Å². The second-order valence-corrected chi connectivity index (χ2v) is 5.38. The lowest BCUT2D eigenvalue weighted by Gasteiger charge is -2.18. The molecule has 0 bridgehead atoms. The van der Waals surface area contributed by atoms with Gasteiger partial charge in [-0.2, -0.15) is 13.2 Å². The van der Waals surface area contributed by atoms with Gasteiger partial charge in [0.2, 0.25) is 0 Å². The lowest BCUT2D eigenvalue weighted by atomic mass is 9.88. The molecular formula is C18H16F3N. The second-order valence-electron chi connectivity index (χ2n) is 5.38. The Kier molecular flexibility index (Phi) is 3.79. The van der Waals surface area contributed by atoms with Crippen LogP contribution in [0.4, 0.5) is 13.2 Å². The zero-order valence-corrected chi connectivity index (χ0v) is 11.9. The maximum atomic E-state index is 13.1. The fraction of sp³-hybridized carbons (Fsp3) is 0.222. The van der Waals surface area contributed by atoms with Crippen molar-refractivity contribution >= 4 is 6.08 Å². The van der Waals surface area contributed by atoms with Gasteiger partial charge >= 0.3 is 6.18 Å². The molecule has 2 aromatic carbocycles. The molecule has 2 N–H and O–H groups in total. The lowest BCUT2D eigenvalue weighted by molar-refractivity contribution is -0.137. The van der Waals surface area contributed by atoms with Gasteiger partial charge in [0.1, 0.15) is 0 Å². The van der Waals surface area contributed by atoms with Gasteiger partial charge in [0.15, 0.2) is 0 Å². The molecular weight excluding hydrogens is 287 g/mol. The molecule has 22 heavy (non-hydrogen) atoms. The molecule has 0 amide bonds. The van der Waals surface area contributed by atoms with E-state index in [1.165, 1.54) is 6.07 Å². The highest BCUT2D eigenvalue weighted by Gasteiger charge is 2.35. The van der Waals surface area contributed by atoms with Gasteiger partial charge in [-0.1, -0.05) is 48.6 Å². The molecule has 1 atom stereocenters. The average molecular weight is 303 g/mol. The van der Waals surface area contributed by atoms with E-state index in [1.807, 2.05) is 30.3 Å². The van der Waals surface area contributed by atoms with Crippen molar-refractivity contribution in [1.29, 1.82) is 0 Å². The Morgan fingerprint density at radius 3 is 2.41 bits per heavy atom. The van der Waals surface area contributed by atoms with E-state index >= 15 is 0 Å². The topological polar surface area (TPSA) is 26.0 Å². The zero-order valence-electron chi connectivity index (χ0n) is 11.9. The van der Waals surface area contributed by atoms with E-state index in [0.717, 1.165) is 23.6 Å². The van der Waals surface area contributed by atoms with Crippen LogP contribution in [0.2, 0.25) is 0 Å². The zero-order chi connectivity index (χ0) is 15.7. The van der Waals surface area contributed by atoms with Gasteiger partial charge in [-0.3, -0.25) is 0 Å². The summed E-state index contributed by atoms with van der Waals surface area (Å²) < 4.78 is 39.4. The molecule has 1 nitrogen and oxygen atoms in total. The number of allylic oxidation sites excluding steroid dienone is 1. The number of alkyl halides is 3. The van der Waals surface area contributed by atoms with Crippen LogP contribution in [0.1, 0.15) is 33.7 Å². The van der Waals surface area contributed by atoms with Crippen LogP contribution in [-0.2, 0) is 12.6 Å². The molecule has 0 saturated heterocycles. The minimum absolute atomic E-state index is 0.139. The van der Waals surface area contributed by atoms with Gasteiger partial charge in [0.25, 0.3) is 0 Å². The molecule has 0 saturated carbocycles. The van der Waals surface area contributed by atoms with E-state index in [0.29, 0.717) is 12.1 Å². The van der Waals surface area contributed by atoms with Crippen LogP contribution >= 0.6 is 0 Å². The molecule has 1 aliphatic rings. The number of fused-ring (bicyclic) bond motifs is 1. The molecule has 4 heteroatoms. The van der Waals surface area contributed by atoms with Gasteiger partial charge < -0.3 is 5.73 Å². The van der Waals surface area contributed by atoms with Crippen molar-refractivity contribution in [2.24, 2.45) is 5.73 Å². The quantitative estimate of drug-likeness (QED) is 0.895. The summed E-state index contributed by atoms with van der Waals surface area (Å²) in [4.78, 5) is 0. The summed E-state index contributed by atoms with van der Waals surface area (Å²) in [6.45, 7) is 0.517. The van der Waals surface area contributed by atoms with E-state index < -0.39 is 11.7 Å². The van der Waals surface area contributed by atoms with Crippen LogP contribution in [0.25, 0.3) is 6.08 Å². The smallest absolute Gasteiger partial charge is 0.330 e. The Bertz CT molecular complexity index is 717. The molecule has 0 heterocycles. The lowest BCUT2D eigenvalue weighted by Crippen LogP contribution is -2.10. The third-order valence-electron chi connectivity index (χ3n) is 4.04. The first-order chi connectivity index (χ1) is 10.5. The summed E-state index contributed by atoms with van der Waals surface area (Å²) in [6.07, 6.45) is -0.187. The standard InChI is InChI=1S/C18H16F3N/c19-18(20,21)17-7-3-6-14-15(8-9-16(14)17)13-5-2-1-4-12(13)10-11-22/h1-9,15H,10-11,22H2. The number of hydrogen-bond donors (Lipinski definition) is 1. The summed E-state index contributed by atoms with van der Waals surface area (Å²) in [7, 11) is 0. The van der Waals surface area contributed by atoms with Crippen LogP contribution in [0.15, 0.2) is 48.5 Å². The SMILES string of the molecule is NCCc1ccccc1C1C=Cc2c1cccc2C(F)(F)F. The molecule has 2 aromatic rings. The van der Waals surface area contributed by atoms with Crippen LogP contribution in [0.3, 0.4) is 0 Å². The molecule has 1 unspecified atom stereocenters. The van der Waals surface area contributed by atoms with Crippen molar-refractivity contribution in [3.05, 3.63) is 76.4 Å². The molecule has 0 radical (unpaired) electrons. The highest BCUT2D eigenvalue weighted by Crippen LogP contribution is 2.42. The molecule has 0 spiro atoms. The van der Waals surface area contributed by atoms with E-state index in [1.54, 1.807) is 12.1 Å². The van der Waals surface area contributed by atoms with Crippen molar-refractivity contribution in [3.8, 4) is 0 Å². The molecule has 3 rings (SSSR count). The Balaban J connectivity index is 2.09. The highest BCUT2D eigenvalue weighted by molar-refractivity contribution is 5.69. The maximum Gasteiger partial charge on any atom is 0.416 e. The van der Waals surface area contributed by atoms with Crippen LogP contribution in [0.5, 0.6) is 0 Å². The number of nitrogens with two attached hydrogens (primary N) is 1. The third-order valence-corrected chi connectivity index (χ3v) is 4.04. The van der Waals surface area contributed by atoms with Crippen molar-refractivity contribution < 1.29 is 13.2 Å². The van der Waals surface area contributed by atoms with Crippen LogP contribution < -0.4 is 5.73 Å². The predicted molar refractivity (Wildman–Crippen MR) is 81.5 cm³/mol. The van der Waals surface area contributed by atoms with Crippen LogP contribution in [-0.4, -0.2) is 6.54 Å². The van der Waals surface area contributed by atoms with Crippen molar-refractivity contribution in [1.82, 2.24) is 0 Å². The minimum Gasteiger partial charge on any atom is -0.330 e. The Morgan fingerprint density at radius 2 is 1.68 bits per heavy atom. The molecule has 0 aliphatic heterocycles. The Hall–Kier alpha value is -2.07. The fourth-order valence-corrected chi connectivity index (χ4v) is 3.08. The van der Waals surface area contributed by atoms with E-state index in [2.05, 4.69) is 0 Å². The molecule has 114 valence electrons.